The Hall–Kier alpha value is -2.62. The molecule has 0 unspecified atom stereocenters. The van der Waals surface area contributed by atoms with Crippen molar-refractivity contribution in [2.45, 2.75) is 20.3 Å². The molecule has 0 aliphatic carbocycles. The molecule has 0 heterocycles. The molecule has 0 aliphatic rings. The van der Waals surface area contributed by atoms with Crippen molar-refractivity contribution < 1.29 is 19.1 Å². The van der Waals surface area contributed by atoms with E-state index in [1.807, 2.05) is 13.8 Å². The van der Waals surface area contributed by atoms with Crippen LogP contribution in [0.3, 0.4) is 0 Å². The Bertz CT molecular complexity index is 655. The highest BCUT2D eigenvalue weighted by Gasteiger charge is 2.29. The fourth-order valence-electron chi connectivity index (χ4n) is 2.72. The maximum Gasteiger partial charge on any atom is 0.173 e. The van der Waals surface area contributed by atoms with E-state index >= 15 is 0 Å². The third kappa shape index (κ3) is 4.69. The molecular formula is C21H24O4. The maximum atomic E-state index is 12.9. The van der Waals surface area contributed by atoms with E-state index in [2.05, 4.69) is 0 Å². The van der Waals surface area contributed by atoms with Crippen LogP contribution in [0.4, 0.5) is 0 Å². The van der Waals surface area contributed by atoms with E-state index in [0.29, 0.717) is 29.0 Å². The summed E-state index contributed by atoms with van der Waals surface area (Å²) >= 11 is 0. The molecule has 0 bridgehead atoms. The number of carbonyl (C=O) groups is 2. The van der Waals surface area contributed by atoms with Gasteiger partial charge in [-0.05, 0) is 60.9 Å². The summed E-state index contributed by atoms with van der Waals surface area (Å²) in [5.74, 6) is 0.586. The van der Waals surface area contributed by atoms with Crippen molar-refractivity contribution in [1.82, 2.24) is 0 Å². The van der Waals surface area contributed by atoms with Gasteiger partial charge >= 0.3 is 0 Å². The molecule has 0 aromatic heterocycles. The zero-order valence-electron chi connectivity index (χ0n) is 15.1. The van der Waals surface area contributed by atoms with Gasteiger partial charge in [-0.2, -0.15) is 0 Å². The average Bonchev–Trinajstić information content (AvgIpc) is 2.65. The van der Waals surface area contributed by atoms with E-state index in [4.69, 9.17) is 9.47 Å². The van der Waals surface area contributed by atoms with Crippen molar-refractivity contribution in [2.24, 2.45) is 11.8 Å². The van der Waals surface area contributed by atoms with Crippen molar-refractivity contribution in [3.05, 3.63) is 59.7 Å². The Morgan fingerprint density at radius 3 is 1.40 bits per heavy atom. The summed E-state index contributed by atoms with van der Waals surface area (Å²) in [7, 11) is 3.15. The monoisotopic (exact) mass is 340 g/mol. The second-order valence-electron chi connectivity index (χ2n) is 6.37. The number of carbonyl (C=O) groups excluding carboxylic acids is 2. The number of benzene rings is 2. The van der Waals surface area contributed by atoms with Crippen LogP contribution in [0.2, 0.25) is 0 Å². The smallest absolute Gasteiger partial charge is 0.173 e. The van der Waals surface area contributed by atoms with Gasteiger partial charge in [-0.1, -0.05) is 13.8 Å². The Kier molecular flexibility index (Phi) is 6.34. The topological polar surface area (TPSA) is 52.6 Å². The van der Waals surface area contributed by atoms with Crippen LogP contribution in [-0.2, 0) is 0 Å². The minimum atomic E-state index is -0.693. The van der Waals surface area contributed by atoms with Gasteiger partial charge in [0, 0.05) is 11.1 Å². The first-order chi connectivity index (χ1) is 12.0. The predicted molar refractivity (Wildman–Crippen MR) is 97.6 cm³/mol. The Morgan fingerprint density at radius 2 is 1.12 bits per heavy atom. The van der Waals surface area contributed by atoms with Gasteiger partial charge in [0.25, 0.3) is 0 Å². The second kappa shape index (κ2) is 8.47. The van der Waals surface area contributed by atoms with Crippen LogP contribution in [0.25, 0.3) is 0 Å². The first kappa shape index (κ1) is 18.7. The number of Topliss-reactive ketones (excluding diaryl/α,β-unsaturated/α-hetero) is 2. The van der Waals surface area contributed by atoms with E-state index < -0.39 is 5.92 Å². The normalized spacial score (nSPS) is 10.8. The van der Waals surface area contributed by atoms with Gasteiger partial charge in [0.1, 0.15) is 11.5 Å². The second-order valence-corrected chi connectivity index (χ2v) is 6.37. The number of methoxy groups -OCH3 is 2. The lowest BCUT2D eigenvalue weighted by molar-refractivity contribution is 0.0787. The van der Waals surface area contributed by atoms with Gasteiger partial charge < -0.3 is 9.47 Å². The molecule has 0 aliphatic heterocycles. The highest BCUT2D eigenvalue weighted by Crippen LogP contribution is 2.24. The standard InChI is InChI=1S/C21H24O4/c1-14(2)13-19(20(22)15-5-9-17(24-3)10-6-15)21(23)16-7-11-18(25-4)12-8-16/h5-12,14,19H,13H2,1-4H3. The van der Waals surface area contributed by atoms with Gasteiger partial charge in [-0.25, -0.2) is 0 Å². The SMILES string of the molecule is COc1ccc(C(=O)C(CC(C)C)C(=O)c2ccc(OC)cc2)cc1. The number of ketones is 2. The van der Waals surface area contributed by atoms with Crippen LogP contribution in [0.5, 0.6) is 11.5 Å². The molecule has 0 atom stereocenters. The van der Waals surface area contributed by atoms with Gasteiger partial charge in [0.05, 0.1) is 20.1 Å². The van der Waals surface area contributed by atoms with Gasteiger partial charge in [-0.15, -0.1) is 0 Å². The van der Waals surface area contributed by atoms with Gasteiger partial charge in [0.2, 0.25) is 0 Å². The van der Waals surface area contributed by atoms with E-state index in [-0.39, 0.29) is 17.5 Å². The Balaban J connectivity index is 2.29. The molecule has 0 fully saturated rings. The first-order valence-electron chi connectivity index (χ1n) is 8.32. The summed E-state index contributed by atoms with van der Waals surface area (Å²) in [6.07, 6.45) is 0.510. The summed E-state index contributed by atoms with van der Waals surface area (Å²) in [6.45, 7) is 4.02. The lowest BCUT2D eigenvalue weighted by atomic mass is 9.84. The van der Waals surface area contributed by atoms with Crippen molar-refractivity contribution in [3.63, 3.8) is 0 Å². The minimum absolute atomic E-state index is 0.155. The molecule has 0 saturated carbocycles. The van der Waals surface area contributed by atoms with Crippen LogP contribution in [-0.4, -0.2) is 25.8 Å². The van der Waals surface area contributed by atoms with Crippen molar-refractivity contribution in [3.8, 4) is 11.5 Å². The van der Waals surface area contributed by atoms with Gasteiger partial charge in [0.15, 0.2) is 11.6 Å². The quantitative estimate of drug-likeness (QED) is 0.527. The summed E-state index contributed by atoms with van der Waals surface area (Å²) in [4.78, 5) is 25.9. The molecule has 0 radical (unpaired) electrons. The van der Waals surface area contributed by atoms with Crippen molar-refractivity contribution in [1.29, 1.82) is 0 Å². The summed E-state index contributed by atoms with van der Waals surface area (Å²) in [5, 5.41) is 0. The van der Waals surface area contributed by atoms with Crippen LogP contribution in [0.15, 0.2) is 48.5 Å². The zero-order valence-corrected chi connectivity index (χ0v) is 15.1. The predicted octanol–water partition coefficient (Wildman–Crippen LogP) is 4.43. The molecule has 2 aromatic carbocycles. The van der Waals surface area contributed by atoms with Crippen molar-refractivity contribution in [2.75, 3.05) is 14.2 Å². The molecular weight excluding hydrogens is 316 g/mol. The van der Waals surface area contributed by atoms with E-state index in [1.54, 1.807) is 62.8 Å². The number of hydrogen-bond acceptors (Lipinski definition) is 4. The summed E-state index contributed by atoms with van der Waals surface area (Å²) < 4.78 is 10.2. The van der Waals surface area contributed by atoms with Crippen LogP contribution < -0.4 is 9.47 Å². The fourth-order valence-corrected chi connectivity index (χ4v) is 2.72. The van der Waals surface area contributed by atoms with Crippen LogP contribution >= 0.6 is 0 Å². The molecule has 0 N–H and O–H groups in total. The van der Waals surface area contributed by atoms with Crippen LogP contribution in [0.1, 0.15) is 41.0 Å². The molecule has 0 amide bonds. The van der Waals surface area contributed by atoms with Crippen molar-refractivity contribution >= 4 is 11.6 Å². The lowest BCUT2D eigenvalue weighted by Crippen LogP contribution is -2.26. The molecule has 0 spiro atoms. The highest BCUT2D eigenvalue weighted by atomic mass is 16.5. The van der Waals surface area contributed by atoms with Crippen LogP contribution in [0, 0.1) is 11.8 Å². The van der Waals surface area contributed by atoms with E-state index in [1.165, 1.54) is 0 Å². The average molecular weight is 340 g/mol. The molecule has 0 saturated heterocycles. The van der Waals surface area contributed by atoms with E-state index in [0.717, 1.165) is 0 Å². The highest BCUT2D eigenvalue weighted by molar-refractivity contribution is 6.16. The molecule has 25 heavy (non-hydrogen) atoms. The Morgan fingerprint density at radius 1 is 0.760 bits per heavy atom. The molecule has 2 rings (SSSR count). The third-order valence-corrected chi connectivity index (χ3v) is 4.09. The minimum Gasteiger partial charge on any atom is -0.497 e. The molecule has 132 valence electrons. The summed E-state index contributed by atoms with van der Waals surface area (Å²) in [6, 6.07) is 13.8. The number of ether oxygens (including phenoxy) is 2. The first-order valence-corrected chi connectivity index (χ1v) is 8.32. The largest absolute Gasteiger partial charge is 0.497 e. The molecule has 2 aromatic rings. The zero-order chi connectivity index (χ0) is 18.4. The lowest BCUT2D eigenvalue weighted by Gasteiger charge is -2.17. The summed E-state index contributed by atoms with van der Waals surface area (Å²) in [5.41, 5.74) is 1.04. The molecule has 4 heteroatoms. The third-order valence-electron chi connectivity index (χ3n) is 4.09. The Labute approximate surface area is 148 Å². The molecule has 4 nitrogen and oxygen atoms in total. The fraction of sp³-hybridized carbons (Fsp3) is 0.333. The van der Waals surface area contributed by atoms with E-state index in [9.17, 15) is 9.59 Å². The van der Waals surface area contributed by atoms with Gasteiger partial charge in [-0.3, -0.25) is 9.59 Å². The number of hydrogen-bond donors (Lipinski definition) is 0. The number of rotatable bonds is 8. The maximum absolute atomic E-state index is 12.9.